The van der Waals surface area contributed by atoms with Gasteiger partial charge >= 0.3 is 13.2 Å². The maximum absolute atomic E-state index is 12.5. The monoisotopic (exact) mass is 462 g/mol. The molecule has 4 nitrogen and oxygen atoms in total. The molecule has 0 aliphatic carbocycles. The molecule has 0 amide bonds. The lowest BCUT2D eigenvalue weighted by Gasteiger charge is -2.09. The molecule has 3 aromatic rings. The molecule has 0 bridgehead atoms. The highest BCUT2D eigenvalue weighted by Gasteiger charge is 2.13. The molecule has 3 rings (SSSR count). The Hall–Kier alpha value is -1.98. The first-order valence-corrected chi connectivity index (χ1v) is 10.9. The van der Waals surface area contributed by atoms with E-state index in [1.807, 2.05) is 0 Å². The summed E-state index contributed by atoms with van der Waals surface area (Å²) < 4.78 is 60.3. The molecule has 154 valence electrons. The largest absolute Gasteiger partial charge is 0.435 e. The maximum atomic E-state index is 12.5. The number of hydrogen-bond acceptors (Lipinski definition) is 7. The van der Waals surface area contributed by atoms with E-state index in [2.05, 4.69) is 19.7 Å². The van der Waals surface area contributed by atoms with E-state index in [9.17, 15) is 17.6 Å². The van der Waals surface area contributed by atoms with E-state index in [0.717, 1.165) is 0 Å². The van der Waals surface area contributed by atoms with Crippen molar-refractivity contribution in [1.29, 1.82) is 0 Å². The summed E-state index contributed by atoms with van der Waals surface area (Å²) in [6.07, 6.45) is 0. The summed E-state index contributed by atoms with van der Waals surface area (Å²) in [7, 11) is 0. The fraction of sp³-hybridized carbons (Fsp3) is 0.222. The summed E-state index contributed by atoms with van der Waals surface area (Å²) in [5.74, 6) is 1.05. The second-order valence-corrected chi connectivity index (χ2v) is 8.81. The Morgan fingerprint density at radius 3 is 1.55 bits per heavy atom. The molecular weight excluding hydrogens is 448 g/mol. The average Bonchev–Trinajstić information content (AvgIpc) is 3.14. The Labute approximate surface area is 176 Å². The lowest BCUT2D eigenvalue weighted by atomic mass is 10.2. The van der Waals surface area contributed by atoms with Gasteiger partial charge in [0.15, 0.2) is 8.68 Å². The first-order valence-electron chi connectivity index (χ1n) is 8.16. The summed E-state index contributed by atoms with van der Waals surface area (Å²) in [4.78, 5) is 0. The standard InChI is InChI=1S/C18H14F4N2O2S3/c19-15(20)25-13-7-3-1-5-11(13)9-27-17-23-24-18(29-17)28-10-12-6-2-4-8-14(12)26-16(21)22/h1-8,15-16H,9-10H2. The molecule has 0 spiro atoms. The summed E-state index contributed by atoms with van der Waals surface area (Å²) in [5, 5.41) is 8.15. The van der Waals surface area contributed by atoms with Gasteiger partial charge in [0.05, 0.1) is 0 Å². The van der Waals surface area contributed by atoms with Crippen molar-refractivity contribution >= 4 is 34.9 Å². The number of aromatic nitrogens is 2. The van der Waals surface area contributed by atoms with Crippen LogP contribution in [0.25, 0.3) is 0 Å². The molecule has 0 aliphatic rings. The van der Waals surface area contributed by atoms with Crippen LogP contribution in [-0.4, -0.2) is 23.4 Å². The van der Waals surface area contributed by atoms with Crippen molar-refractivity contribution in [2.24, 2.45) is 0 Å². The van der Waals surface area contributed by atoms with Gasteiger partial charge in [0.2, 0.25) is 0 Å². The molecule has 1 heterocycles. The Balaban J connectivity index is 1.57. The number of halogens is 4. The topological polar surface area (TPSA) is 44.2 Å². The van der Waals surface area contributed by atoms with Crippen molar-refractivity contribution in [2.45, 2.75) is 33.4 Å². The van der Waals surface area contributed by atoms with Gasteiger partial charge in [0, 0.05) is 22.6 Å². The normalized spacial score (nSPS) is 11.2. The molecule has 29 heavy (non-hydrogen) atoms. The molecule has 0 aliphatic heterocycles. The summed E-state index contributed by atoms with van der Waals surface area (Å²) in [6.45, 7) is -5.77. The fourth-order valence-corrected chi connectivity index (χ4v) is 5.26. The van der Waals surface area contributed by atoms with Crippen LogP contribution < -0.4 is 9.47 Å². The molecule has 0 unspecified atom stereocenters. The minimum Gasteiger partial charge on any atom is -0.435 e. The highest BCUT2D eigenvalue weighted by atomic mass is 32.2. The van der Waals surface area contributed by atoms with Crippen LogP contribution in [0.15, 0.2) is 57.2 Å². The van der Waals surface area contributed by atoms with Gasteiger partial charge in [-0.1, -0.05) is 71.3 Å². The number of benzene rings is 2. The van der Waals surface area contributed by atoms with E-state index in [1.165, 1.54) is 47.0 Å². The highest BCUT2D eigenvalue weighted by molar-refractivity contribution is 8.02. The summed E-state index contributed by atoms with van der Waals surface area (Å²) in [6, 6.07) is 13.1. The van der Waals surface area contributed by atoms with Crippen molar-refractivity contribution < 1.29 is 27.0 Å². The number of nitrogens with zero attached hydrogens (tertiary/aromatic N) is 2. The lowest BCUT2D eigenvalue weighted by molar-refractivity contribution is -0.0509. The van der Waals surface area contributed by atoms with Crippen LogP contribution in [0.4, 0.5) is 17.6 Å². The molecule has 11 heteroatoms. The third kappa shape index (κ3) is 6.79. The lowest BCUT2D eigenvalue weighted by Crippen LogP contribution is -2.03. The Morgan fingerprint density at radius 2 is 1.14 bits per heavy atom. The zero-order valence-electron chi connectivity index (χ0n) is 14.6. The predicted octanol–water partition coefficient (Wildman–Crippen LogP) is 6.33. The maximum Gasteiger partial charge on any atom is 0.387 e. The highest BCUT2D eigenvalue weighted by Crippen LogP contribution is 2.35. The van der Waals surface area contributed by atoms with Gasteiger partial charge in [-0.2, -0.15) is 17.6 Å². The van der Waals surface area contributed by atoms with Crippen LogP contribution in [0.1, 0.15) is 11.1 Å². The van der Waals surface area contributed by atoms with Crippen molar-refractivity contribution in [3.05, 3.63) is 59.7 Å². The summed E-state index contributed by atoms with van der Waals surface area (Å²) in [5.41, 5.74) is 1.25. The van der Waals surface area contributed by atoms with Crippen molar-refractivity contribution in [3.8, 4) is 11.5 Å². The van der Waals surface area contributed by atoms with E-state index in [1.54, 1.807) is 36.4 Å². The molecule has 0 radical (unpaired) electrons. The van der Waals surface area contributed by atoms with Gasteiger partial charge in [-0.25, -0.2) is 0 Å². The van der Waals surface area contributed by atoms with Crippen molar-refractivity contribution in [2.75, 3.05) is 0 Å². The number of alkyl halides is 4. The molecule has 0 atom stereocenters. The van der Waals surface area contributed by atoms with E-state index < -0.39 is 13.2 Å². The Morgan fingerprint density at radius 1 is 0.724 bits per heavy atom. The van der Waals surface area contributed by atoms with Crippen molar-refractivity contribution in [1.82, 2.24) is 10.2 Å². The third-order valence-corrected chi connectivity index (χ3v) is 6.76. The number of ether oxygens (including phenoxy) is 2. The van der Waals surface area contributed by atoms with Crippen LogP contribution in [0.5, 0.6) is 11.5 Å². The van der Waals surface area contributed by atoms with Gasteiger partial charge in [-0.3, -0.25) is 0 Å². The molecule has 0 fully saturated rings. The minimum absolute atomic E-state index is 0.129. The van der Waals surface area contributed by atoms with Crippen LogP contribution >= 0.6 is 34.9 Å². The van der Waals surface area contributed by atoms with Gasteiger partial charge in [-0.15, -0.1) is 10.2 Å². The van der Waals surface area contributed by atoms with E-state index in [-0.39, 0.29) is 11.5 Å². The minimum atomic E-state index is -2.89. The third-order valence-electron chi connectivity index (χ3n) is 3.47. The molecular formula is C18H14F4N2O2S3. The number of para-hydroxylation sites is 2. The Kier molecular flexibility index (Phi) is 8.01. The molecule has 0 N–H and O–H groups in total. The van der Waals surface area contributed by atoms with Gasteiger partial charge in [0.1, 0.15) is 11.5 Å². The Bertz CT molecular complexity index is 855. The molecule has 0 saturated heterocycles. The van der Waals surface area contributed by atoms with Gasteiger partial charge in [-0.05, 0) is 12.1 Å². The van der Waals surface area contributed by atoms with Crippen LogP contribution in [0.2, 0.25) is 0 Å². The van der Waals surface area contributed by atoms with E-state index in [4.69, 9.17) is 0 Å². The quantitative estimate of drug-likeness (QED) is 0.259. The fourth-order valence-electron chi connectivity index (χ4n) is 2.26. The van der Waals surface area contributed by atoms with Crippen LogP contribution in [-0.2, 0) is 11.5 Å². The first kappa shape index (κ1) is 21.7. The van der Waals surface area contributed by atoms with Crippen LogP contribution in [0.3, 0.4) is 0 Å². The second-order valence-electron chi connectivity index (χ2n) is 5.38. The summed E-state index contributed by atoms with van der Waals surface area (Å²) >= 11 is 4.04. The van der Waals surface area contributed by atoms with Crippen molar-refractivity contribution in [3.63, 3.8) is 0 Å². The first-order chi connectivity index (χ1) is 14.0. The molecule has 0 saturated carbocycles. The van der Waals surface area contributed by atoms with E-state index >= 15 is 0 Å². The number of thioether (sulfide) groups is 2. The van der Waals surface area contributed by atoms with Gasteiger partial charge < -0.3 is 9.47 Å². The molecule has 1 aromatic heterocycles. The SMILES string of the molecule is FC(F)Oc1ccccc1CSc1nnc(SCc2ccccc2OC(F)F)s1. The van der Waals surface area contributed by atoms with Crippen LogP contribution in [0, 0.1) is 0 Å². The average molecular weight is 463 g/mol. The number of hydrogen-bond donors (Lipinski definition) is 0. The smallest absolute Gasteiger partial charge is 0.387 e. The zero-order valence-corrected chi connectivity index (χ0v) is 17.1. The zero-order chi connectivity index (χ0) is 20.6. The van der Waals surface area contributed by atoms with Gasteiger partial charge in [0.25, 0.3) is 0 Å². The number of rotatable bonds is 10. The second kappa shape index (κ2) is 10.7. The predicted molar refractivity (Wildman–Crippen MR) is 105 cm³/mol. The molecule has 2 aromatic carbocycles. The van der Waals surface area contributed by atoms with E-state index in [0.29, 0.717) is 31.3 Å².